The molecule has 0 saturated carbocycles. The molecule has 6 nitrogen and oxygen atoms in total. The molecule has 3 rings (SSSR count). The lowest BCUT2D eigenvalue weighted by atomic mass is 10.1. The van der Waals surface area contributed by atoms with Gasteiger partial charge in [0, 0.05) is 42.8 Å². The van der Waals surface area contributed by atoms with Crippen molar-refractivity contribution in [1.82, 2.24) is 10.3 Å². The standard InChI is InChI=1S/C22H22N4O2/c1-23-21-13-17(22(28)25-12-10-16-5-4-11-24-14-16)8-9-20(21)26-19-7-3-2-6-18(19)15-27/h2-9,11,13-15,23,26H,10,12H2,1H3,(H,25,28). The second kappa shape index (κ2) is 9.32. The van der Waals surface area contributed by atoms with Gasteiger partial charge in [-0.1, -0.05) is 18.2 Å². The predicted octanol–water partition coefficient (Wildman–Crippen LogP) is 3.65. The van der Waals surface area contributed by atoms with Crippen LogP contribution in [0.3, 0.4) is 0 Å². The molecular formula is C22H22N4O2. The van der Waals surface area contributed by atoms with Crippen molar-refractivity contribution in [2.75, 3.05) is 24.2 Å². The first-order valence-corrected chi connectivity index (χ1v) is 9.01. The minimum absolute atomic E-state index is 0.139. The zero-order valence-electron chi connectivity index (χ0n) is 15.6. The van der Waals surface area contributed by atoms with Gasteiger partial charge in [0.1, 0.15) is 0 Å². The van der Waals surface area contributed by atoms with Gasteiger partial charge in [-0.05, 0) is 48.4 Å². The first-order valence-electron chi connectivity index (χ1n) is 9.01. The van der Waals surface area contributed by atoms with E-state index in [1.54, 1.807) is 37.6 Å². The van der Waals surface area contributed by atoms with Crippen molar-refractivity contribution in [3.8, 4) is 0 Å². The molecule has 3 aromatic rings. The quantitative estimate of drug-likeness (QED) is 0.524. The van der Waals surface area contributed by atoms with E-state index < -0.39 is 0 Å². The largest absolute Gasteiger partial charge is 0.386 e. The molecule has 0 saturated heterocycles. The number of para-hydroxylation sites is 1. The molecule has 0 spiro atoms. The molecule has 0 unspecified atom stereocenters. The summed E-state index contributed by atoms with van der Waals surface area (Å²) in [7, 11) is 1.79. The summed E-state index contributed by atoms with van der Waals surface area (Å²) in [5.74, 6) is -0.139. The van der Waals surface area contributed by atoms with Gasteiger partial charge >= 0.3 is 0 Å². The molecule has 0 aliphatic heterocycles. The Hall–Kier alpha value is -3.67. The highest BCUT2D eigenvalue weighted by atomic mass is 16.1. The summed E-state index contributed by atoms with van der Waals surface area (Å²) >= 11 is 0. The molecule has 2 aromatic carbocycles. The molecule has 3 N–H and O–H groups in total. The van der Waals surface area contributed by atoms with Gasteiger partial charge in [0.15, 0.2) is 6.29 Å². The van der Waals surface area contributed by atoms with Crippen molar-refractivity contribution >= 4 is 29.3 Å². The molecule has 0 aliphatic carbocycles. The summed E-state index contributed by atoms with van der Waals surface area (Å²) in [6, 6.07) is 16.5. The van der Waals surface area contributed by atoms with Gasteiger partial charge in [0.2, 0.25) is 0 Å². The topological polar surface area (TPSA) is 83.1 Å². The van der Waals surface area contributed by atoms with Crippen molar-refractivity contribution in [2.24, 2.45) is 0 Å². The summed E-state index contributed by atoms with van der Waals surface area (Å²) in [4.78, 5) is 27.7. The van der Waals surface area contributed by atoms with Crippen molar-refractivity contribution in [3.63, 3.8) is 0 Å². The fourth-order valence-electron chi connectivity index (χ4n) is 2.83. The average Bonchev–Trinajstić information content (AvgIpc) is 2.75. The SMILES string of the molecule is CNc1cc(C(=O)NCCc2cccnc2)ccc1Nc1ccccc1C=O. The molecule has 28 heavy (non-hydrogen) atoms. The molecular weight excluding hydrogens is 352 g/mol. The number of benzene rings is 2. The maximum absolute atomic E-state index is 12.5. The summed E-state index contributed by atoms with van der Waals surface area (Å²) < 4.78 is 0. The molecule has 0 radical (unpaired) electrons. The summed E-state index contributed by atoms with van der Waals surface area (Å²) in [6.07, 6.45) is 5.05. The van der Waals surface area contributed by atoms with Gasteiger partial charge in [-0.25, -0.2) is 0 Å². The van der Waals surface area contributed by atoms with Crippen LogP contribution in [0.2, 0.25) is 0 Å². The van der Waals surface area contributed by atoms with Gasteiger partial charge in [0.05, 0.1) is 11.4 Å². The van der Waals surface area contributed by atoms with Gasteiger partial charge < -0.3 is 16.0 Å². The van der Waals surface area contributed by atoms with Crippen LogP contribution in [0.4, 0.5) is 17.1 Å². The van der Waals surface area contributed by atoms with Crippen LogP contribution in [0.15, 0.2) is 67.0 Å². The van der Waals surface area contributed by atoms with Gasteiger partial charge in [-0.3, -0.25) is 14.6 Å². The Morgan fingerprint density at radius 2 is 1.89 bits per heavy atom. The fourth-order valence-corrected chi connectivity index (χ4v) is 2.83. The smallest absolute Gasteiger partial charge is 0.251 e. The summed E-state index contributed by atoms with van der Waals surface area (Å²) in [6.45, 7) is 0.534. The lowest BCUT2D eigenvalue weighted by molar-refractivity contribution is 0.0954. The minimum Gasteiger partial charge on any atom is -0.386 e. The van der Waals surface area contributed by atoms with E-state index in [-0.39, 0.29) is 5.91 Å². The van der Waals surface area contributed by atoms with E-state index in [9.17, 15) is 9.59 Å². The van der Waals surface area contributed by atoms with E-state index in [2.05, 4.69) is 20.9 Å². The second-order valence-corrected chi connectivity index (χ2v) is 6.21. The molecule has 0 atom stereocenters. The van der Waals surface area contributed by atoms with Crippen LogP contribution in [-0.2, 0) is 6.42 Å². The van der Waals surface area contributed by atoms with E-state index in [1.165, 1.54) is 0 Å². The van der Waals surface area contributed by atoms with Crippen LogP contribution in [0.1, 0.15) is 26.3 Å². The van der Waals surface area contributed by atoms with Crippen LogP contribution in [0, 0.1) is 0 Å². The first-order chi connectivity index (χ1) is 13.7. The number of aldehydes is 1. The Bertz CT molecular complexity index is 958. The lowest BCUT2D eigenvalue weighted by Gasteiger charge is -2.15. The molecule has 1 heterocycles. The van der Waals surface area contributed by atoms with Gasteiger partial charge in [-0.15, -0.1) is 0 Å². The fraction of sp³-hybridized carbons (Fsp3) is 0.136. The van der Waals surface area contributed by atoms with Crippen LogP contribution >= 0.6 is 0 Å². The van der Waals surface area contributed by atoms with Crippen molar-refractivity contribution < 1.29 is 9.59 Å². The molecule has 0 bridgehead atoms. The predicted molar refractivity (Wildman–Crippen MR) is 111 cm³/mol. The van der Waals surface area contributed by atoms with E-state index in [1.807, 2.05) is 36.4 Å². The van der Waals surface area contributed by atoms with E-state index in [0.29, 0.717) is 23.4 Å². The Morgan fingerprint density at radius 3 is 2.64 bits per heavy atom. The normalized spacial score (nSPS) is 10.2. The number of hydrogen-bond acceptors (Lipinski definition) is 5. The number of nitrogens with zero attached hydrogens (tertiary/aromatic N) is 1. The highest BCUT2D eigenvalue weighted by Crippen LogP contribution is 2.27. The second-order valence-electron chi connectivity index (χ2n) is 6.21. The van der Waals surface area contributed by atoms with Crippen LogP contribution in [0.5, 0.6) is 0 Å². The van der Waals surface area contributed by atoms with Crippen molar-refractivity contribution in [3.05, 3.63) is 83.7 Å². The van der Waals surface area contributed by atoms with Crippen LogP contribution < -0.4 is 16.0 Å². The summed E-state index contributed by atoms with van der Waals surface area (Å²) in [5, 5.41) is 9.26. The van der Waals surface area contributed by atoms with E-state index in [4.69, 9.17) is 0 Å². The Morgan fingerprint density at radius 1 is 1.04 bits per heavy atom. The van der Waals surface area contributed by atoms with Crippen molar-refractivity contribution in [2.45, 2.75) is 6.42 Å². The number of amides is 1. The molecule has 0 fully saturated rings. The molecule has 142 valence electrons. The van der Waals surface area contributed by atoms with Crippen LogP contribution in [0.25, 0.3) is 0 Å². The third-order valence-electron chi connectivity index (χ3n) is 4.33. The number of nitrogens with one attached hydrogen (secondary N) is 3. The Balaban J connectivity index is 1.68. The number of aromatic nitrogens is 1. The van der Waals surface area contributed by atoms with E-state index in [0.717, 1.165) is 29.6 Å². The number of rotatable bonds is 8. The highest BCUT2D eigenvalue weighted by molar-refractivity contribution is 5.97. The number of carbonyl (C=O) groups excluding carboxylic acids is 2. The maximum atomic E-state index is 12.5. The zero-order valence-corrected chi connectivity index (χ0v) is 15.6. The zero-order chi connectivity index (χ0) is 19.8. The monoisotopic (exact) mass is 374 g/mol. The van der Waals surface area contributed by atoms with Crippen LogP contribution in [-0.4, -0.2) is 30.8 Å². The van der Waals surface area contributed by atoms with E-state index >= 15 is 0 Å². The highest BCUT2D eigenvalue weighted by Gasteiger charge is 2.10. The number of carbonyl (C=O) groups is 2. The number of anilines is 3. The van der Waals surface area contributed by atoms with Gasteiger partial charge in [-0.2, -0.15) is 0 Å². The lowest BCUT2D eigenvalue weighted by Crippen LogP contribution is -2.25. The first kappa shape index (κ1) is 19.1. The molecule has 6 heteroatoms. The van der Waals surface area contributed by atoms with Crippen molar-refractivity contribution in [1.29, 1.82) is 0 Å². The van der Waals surface area contributed by atoms with Gasteiger partial charge in [0.25, 0.3) is 5.91 Å². The number of pyridine rings is 1. The number of hydrogen-bond donors (Lipinski definition) is 3. The average molecular weight is 374 g/mol. The maximum Gasteiger partial charge on any atom is 0.251 e. The molecule has 0 aliphatic rings. The third-order valence-corrected chi connectivity index (χ3v) is 4.33. The molecule has 1 aromatic heterocycles. The third kappa shape index (κ3) is 4.73. The Labute approximate surface area is 164 Å². The summed E-state index contributed by atoms with van der Waals surface area (Å²) in [5.41, 5.74) is 4.46. The Kier molecular flexibility index (Phi) is 6.36. The minimum atomic E-state index is -0.139. The molecule has 1 amide bonds.